The molecule has 0 aliphatic rings. The van der Waals surface area contributed by atoms with Gasteiger partial charge in [-0.25, -0.2) is 0 Å². The third-order valence-electron chi connectivity index (χ3n) is 2.58. The highest BCUT2D eigenvalue weighted by Crippen LogP contribution is 2.25. The second-order valence-corrected chi connectivity index (χ2v) is 4.98. The maximum absolute atomic E-state index is 7.64. The first-order valence-electron chi connectivity index (χ1n) is 5.99. The molecule has 0 saturated carbocycles. The minimum Gasteiger partial charge on any atom is -0.384 e. The third kappa shape index (κ3) is 3.73. The average molecular weight is 298 g/mol. The molecule has 0 aromatic heterocycles. The van der Waals surface area contributed by atoms with E-state index in [1.165, 1.54) is 0 Å². The van der Waals surface area contributed by atoms with Gasteiger partial charge < -0.3 is 10.6 Å². The Labute approximate surface area is 112 Å². The molecule has 0 amide bonds. The van der Waals surface area contributed by atoms with Crippen molar-refractivity contribution < 1.29 is 0 Å². The van der Waals surface area contributed by atoms with E-state index in [1.807, 2.05) is 18.2 Å². The highest BCUT2D eigenvalue weighted by Gasteiger charge is 2.12. The normalized spacial score (nSPS) is 10.3. The number of hydrogen-bond donors (Lipinski definition) is 2. The summed E-state index contributed by atoms with van der Waals surface area (Å²) in [6.45, 7) is 6.30. The summed E-state index contributed by atoms with van der Waals surface area (Å²) in [6, 6.07) is 5.87. The van der Waals surface area contributed by atoms with Gasteiger partial charge >= 0.3 is 0 Å². The van der Waals surface area contributed by atoms with E-state index in [9.17, 15) is 0 Å². The summed E-state index contributed by atoms with van der Waals surface area (Å²) in [4.78, 5) is 2.29. The van der Waals surface area contributed by atoms with Gasteiger partial charge in [0.25, 0.3) is 0 Å². The SMILES string of the molecule is CCCN(CCC)c1cc(Br)ccc1C(=N)N. The fourth-order valence-electron chi connectivity index (χ4n) is 1.89. The van der Waals surface area contributed by atoms with Gasteiger partial charge in [-0.3, -0.25) is 5.41 Å². The quantitative estimate of drug-likeness (QED) is 0.625. The lowest BCUT2D eigenvalue weighted by Gasteiger charge is -2.26. The molecule has 0 saturated heterocycles. The summed E-state index contributed by atoms with van der Waals surface area (Å²) < 4.78 is 1.02. The standard InChI is InChI=1S/C13H20BrN3/c1-3-7-17(8-4-2)12-9-10(14)5-6-11(12)13(15)16/h5-6,9H,3-4,7-8H2,1-2H3,(H3,15,16). The number of nitrogens with two attached hydrogens (primary N) is 1. The van der Waals surface area contributed by atoms with Crippen LogP contribution >= 0.6 is 15.9 Å². The molecular formula is C13H20BrN3. The maximum atomic E-state index is 7.64. The molecule has 0 heterocycles. The van der Waals surface area contributed by atoms with Gasteiger partial charge in [0.15, 0.2) is 0 Å². The van der Waals surface area contributed by atoms with Crippen molar-refractivity contribution in [3.63, 3.8) is 0 Å². The van der Waals surface area contributed by atoms with Crippen molar-refractivity contribution in [1.82, 2.24) is 0 Å². The van der Waals surface area contributed by atoms with E-state index in [0.29, 0.717) is 0 Å². The van der Waals surface area contributed by atoms with Gasteiger partial charge in [-0.15, -0.1) is 0 Å². The largest absolute Gasteiger partial charge is 0.384 e. The first-order chi connectivity index (χ1) is 8.10. The molecule has 0 radical (unpaired) electrons. The second kappa shape index (κ2) is 6.64. The molecule has 0 atom stereocenters. The third-order valence-corrected chi connectivity index (χ3v) is 3.07. The van der Waals surface area contributed by atoms with E-state index < -0.39 is 0 Å². The first-order valence-corrected chi connectivity index (χ1v) is 6.78. The van der Waals surface area contributed by atoms with Gasteiger partial charge in [0, 0.05) is 28.8 Å². The maximum Gasteiger partial charge on any atom is 0.124 e. The molecule has 1 aromatic carbocycles. The molecular weight excluding hydrogens is 278 g/mol. The van der Waals surface area contributed by atoms with Crippen molar-refractivity contribution >= 4 is 27.5 Å². The van der Waals surface area contributed by atoms with Crippen molar-refractivity contribution in [2.24, 2.45) is 5.73 Å². The predicted octanol–water partition coefficient (Wildman–Crippen LogP) is 3.36. The zero-order valence-corrected chi connectivity index (χ0v) is 12.0. The number of benzene rings is 1. The zero-order chi connectivity index (χ0) is 12.8. The highest BCUT2D eigenvalue weighted by molar-refractivity contribution is 9.10. The highest BCUT2D eigenvalue weighted by atomic mass is 79.9. The average Bonchev–Trinajstić information content (AvgIpc) is 2.28. The Kier molecular flexibility index (Phi) is 5.48. The summed E-state index contributed by atoms with van der Waals surface area (Å²) in [5.41, 5.74) is 7.50. The molecule has 94 valence electrons. The molecule has 3 nitrogen and oxygen atoms in total. The van der Waals surface area contributed by atoms with Gasteiger partial charge in [0.05, 0.1) is 0 Å². The van der Waals surface area contributed by atoms with Crippen LogP contribution in [-0.4, -0.2) is 18.9 Å². The fourth-order valence-corrected chi connectivity index (χ4v) is 2.24. The number of anilines is 1. The predicted molar refractivity (Wildman–Crippen MR) is 78.0 cm³/mol. The lowest BCUT2D eigenvalue weighted by atomic mass is 10.1. The summed E-state index contributed by atoms with van der Waals surface area (Å²) in [5.74, 6) is 0.129. The minimum atomic E-state index is 0.129. The molecule has 0 fully saturated rings. The van der Waals surface area contributed by atoms with Crippen molar-refractivity contribution in [2.75, 3.05) is 18.0 Å². The Morgan fingerprint density at radius 3 is 2.35 bits per heavy atom. The fraction of sp³-hybridized carbons (Fsp3) is 0.462. The van der Waals surface area contributed by atoms with Gasteiger partial charge in [-0.2, -0.15) is 0 Å². The monoisotopic (exact) mass is 297 g/mol. The lowest BCUT2D eigenvalue weighted by Crippen LogP contribution is -2.28. The molecule has 1 rings (SSSR count). The van der Waals surface area contributed by atoms with Crippen molar-refractivity contribution in [2.45, 2.75) is 26.7 Å². The first kappa shape index (κ1) is 14.0. The molecule has 0 aliphatic heterocycles. The smallest absolute Gasteiger partial charge is 0.124 e. The lowest BCUT2D eigenvalue weighted by molar-refractivity contribution is 0.744. The van der Waals surface area contributed by atoms with E-state index in [0.717, 1.165) is 41.7 Å². The van der Waals surface area contributed by atoms with Crippen LogP contribution < -0.4 is 10.6 Å². The van der Waals surface area contributed by atoms with E-state index >= 15 is 0 Å². The zero-order valence-electron chi connectivity index (χ0n) is 10.5. The molecule has 1 aromatic rings. The van der Waals surface area contributed by atoms with Crippen LogP contribution in [0.4, 0.5) is 5.69 Å². The second-order valence-electron chi connectivity index (χ2n) is 4.06. The van der Waals surface area contributed by atoms with Crippen LogP contribution in [0.3, 0.4) is 0 Å². The van der Waals surface area contributed by atoms with E-state index in [4.69, 9.17) is 11.1 Å². The molecule has 0 unspecified atom stereocenters. The van der Waals surface area contributed by atoms with Gasteiger partial charge in [-0.1, -0.05) is 29.8 Å². The molecule has 17 heavy (non-hydrogen) atoms. The molecule has 0 aliphatic carbocycles. The number of nitrogens with one attached hydrogen (secondary N) is 1. The van der Waals surface area contributed by atoms with Gasteiger partial charge in [0.1, 0.15) is 5.84 Å². The Hall–Kier alpha value is -1.03. The summed E-state index contributed by atoms with van der Waals surface area (Å²) in [7, 11) is 0. The summed E-state index contributed by atoms with van der Waals surface area (Å²) in [6.07, 6.45) is 2.17. The van der Waals surface area contributed by atoms with Crippen LogP contribution in [0.25, 0.3) is 0 Å². The number of amidine groups is 1. The van der Waals surface area contributed by atoms with Crippen molar-refractivity contribution in [1.29, 1.82) is 5.41 Å². The van der Waals surface area contributed by atoms with Crippen LogP contribution in [-0.2, 0) is 0 Å². The Bertz CT molecular complexity index is 384. The number of nitrogen functional groups attached to an aromatic ring is 1. The Morgan fingerprint density at radius 2 is 1.88 bits per heavy atom. The topological polar surface area (TPSA) is 53.1 Å². The molecule has 3 N–H and O–H groups in total. The molecule has 4 heteroatoms. The van der Waals surface area contributed by atoms with Crippen molar-refractivity contribution in [3.05, 3.63) is 28.2 Å². The summed E-state index contributed by atoms with van der Waals surface area (Å²) >= 11 is 3.48. The Balaban J connectivity index is 3.14. The molecule has 0 spiro atoms. The number of halogens is 1. The number of rotatable bonds is 6. The van der Waals surface area contributed by atoms with Gasteiger partial charge in [0.2, 0.25) is 0 Å². The van der Waals surface area contributed by atoms with Crippen LogP contribution in [0.1, 0.15) is 32.3 Å². The van der Waals surface area contributed by atoms with E-state index in [-0.39, 0.29) is 5.84 Å². The molecule has 0 bridgehead atoms. The number of nitrogens with zero attached hydrogens (tertiary/aromatic N) is 1. The van der Waals surface area contributed by atoms with Crippen LogP contribution in [0.5, 0.6) is 0 Å². The van der Waals surface area contributed by atoms with E-state index in [2.05, 4.69) is 34.7 Å². The Morgan fingerprint density at radius 1 is 1.29 bits per heavy atom. The number of hydrogen-bond acceptors (Lipinski definition) is 2. The van der Waals surface area contributed by atoms with E-state index in [1.54, 1.807) is 0 Å². The van der Waals surface area contributed by atoms with Crippen LogP contribution in [0, 0.1) is 5.41 Å². The van der Waals surface area contributed by atoms with Crippen LogP contribution in [0.15, 0.2) is 22.7 Å². The van der Waals surface area contributed by atoms with Gasteiger partial charge in [-0.05, 0) is 31.0 Å². The summed E-state index contributed by atoms with van der Waals surface area (Å²) in [5, 5.41) is 7.64. The minimum absolute atomic E-state index is 0.129. The van der Waals surface area contributed by atoms with Crippen molar-refractivity contribution in [3.8, 4) is 0 Å². The van der Waals surface area contributed by atoms with Crippen LogP contribution in [0.2, 0.25) is 0 Å².